The van der Waals surface area contributed by atoms with Gasteiger partial charge in [0.2, 0.25) is 0 Å². The van der Waals surface area contributed by atoms with E-state index in [0.29, 0.717) is 70.2 Å². The molecule has 0 atom stereocenters. The van der Waals surface area contributed by atoms with Crippen LogP contribution >= 0.6 is 15.9 Å². The zero-order valence-corrected chi connectivity index (χ0v) is 19.4. The van der Waals surface area contributed by atoms with Crippen molar-refractivity contribution in [2.75, 3.05) is 0 Å². The molecule has 4 aromatic carbocycles. The molecule has 0 fully saturated rings. The van der Waals surface area contributed by atoms with E-state index in [1.165, 1.54) is 0 Å². The number of rotatable bonds is 0. The summed E-state index contributed by atoms with van der Waals surface area (Å²) < 4.78 is 0.817. The second kappa shape index (κ2) is 8.49. The molecule has 33 heavy (non-hydrogen) atoms. The van der Waals surface area contributed by atoms with E-state index >= 15 is 0 Å². The molecule has 0 saturated carbocycles. The Morgan fingerprint density at radius 1 is 0.424 bits per heavy atom. The lowest BCUT2D eigenvalue weighted by atomic mass is 9.91. The van der Waals surface area contributed by atoms with Crippen LogP contribution in [0.15, 0.2) is 71.2 Å². The molecule has 166 valence electrons. The first-order valence-electron chi connectivity index (χ1n) is 10.8. The first kappa shape index (κ1) is 21.4. The molecule has 0 aliphatic heterocycles. The Bertz CT molecular complexity index is 1280. The molecule has 5 heteroatoms. The van der Waals surface area contributed by atoms with Gasteiger partial charge in [-0.15, -0.1) is 0 Å². The molecular weight excluding hydrogens is 480 g/mol. The normalized spacial score (nSPS) is 13.0. The van der Waals surface area contributed by atoms with E-state index in [-0.39, 0.29) is 23.0 Å². The SMILES string of the molecule is Oc1c2cccc1Cc1cccc(c1O)Cc1cc(Br)cc(c1O)Cc1cccc(c1O)C2. The van der Waals surface area contributed by atoms with Crippen molar-refractivity contribution in [3.63, 3.8) is 0 Å². The summed E-state index contributed by atoms with van der Waals surface area (Å²) in [6.07, 6.45) is 1.41. The molecule has 0 aromatic heterocycles. The Hall–Kier alpha value is -3.44. The van der Waals surface area contributed by atoms with Crippen LogP contribution in [0.25, 0.3) is 0 Å². The number of phenols is 4. The summed E-state index contributed by atoms with van der Waals surface area (Å²) in [5, 5.41) is 44.0. The van der Waals surface area contributed by atoms with Crippen LogP contribution in [-0.2, 0) is 25.7 Å². The molecule has 0 saturated heterocycles. The monoisotopic (exact) mass is 502 g/mol. The summed E-state index contributed by atoms with van der Waals surface area (Å²) in [5.74, 6) is 0.658. The predicted molar refractivity (Wildman–Crippen MR) is 131 cm³/mol. The number of para-hydroxylation sites is 3. The highest BCUT2D eigenvalue weighted by Gasteiger charge is 2.18. The smallest absolute Gasteiger partial charge is 0.122 e. The number of aromatic hydroxyl groups is 4. The van der Waals surface area contributed by atoms with E-state index in [0.717, 1.165) is 4.47 Å². The molecule has 4 N–H and O–H groups in total. The van der Waals surface area contributed by atoms with Gasteiger partial charge in [0.1, 0.15) is 23.0 Å². The van der Waals surface area contributed by atoms with Crippen LogP contribution in [0.2, 0.25) is 0 Å². The zero-order chi connectivity index (χ0) is 23.1. The lowest BCUT2D eigenvalue weighted by Crippen LogP contribution is -2.00. The molecule has 0 heterocycles. The number of fused-ring (bicyclic) bond motifs is 8. The van der Waals surface area contributed by atoms with Gasteiger partial charge in [-0.2, -0.15) is 0 Å². The van der Waals surface area contributed by atoms with Crippen LogP contribution < -0.4 is 0 Å². The molecule has 1 aliphatic carbocycles. The molecule has 4 nitrogen and oxygen atoms in total. The van der Waals surface area contributed by atoms with Crippen molar-refractivity contribution < 1.29 is 20.4 Å². The Morgan fingerprint density at radius 2 is 0.667 bits per heavy atom. The van der Waals surface area contributed by atoms with E-state index < -0.39 is 0 Å². The van der Waals surface area contributed by atoms with E-state index in [4.69, 9.17) is 0 Å². The van der Waals surface area contributed by atoms with Crippen molar-refractivity contribution >= 4 is 15.9 Å². The minimum Gasteiger partial charge on any atom is -0.507 e. The number of hydrogen-bond donors (Lipinski definition) is 4. The van der Waals surface area contributed by atoms with Crippen LogP contribution in [0.3, 0.4) is 0 Å². The van der Waals surface area contributed by atoms with Gasteiger partial charge in [-0.05, 0) is 56.6 Å². The number of hydrogen-bond acceptors (Lipinski definition) is 4. The third-order valence-corrected chi connectivity index (χ3v) is 6.82. The average Bonchev–Trinajstić information content (AvgIpc) is 2.78. The van der Waals surface area contributed by atoms with Crippen molar-refractivity contribution in [2.24, 2.45) is 0 Å². The fourth-order valence-electron chi connectivity index (χ4n) is 4.60. The van der Waals surface area contributed by atoms with Crippen LogP contribution in [0.4, 0.5) is 0 Å². The molecule has 0 unspecified atom stereocenters. The highest BCUT2D eigenvalue weighted by molar-refractivity contribution is 9.10. The fourth-order valence-corrected chi connectivity index (χ4v) is 5.15. The molecular formula is C28H23BrO4. The van der Waals surface area contributed by atoms with Crippen LogP contribution in [0.1, 0.15) is 44.5 Å². The van der Waals surface area contributed by atoms with Gasteiger partial charge < -0.3 is 20.4 Å². The minimum absolute atomic E-state index is 0.155. The Morgan fingerprint density at radius 3 is 0.970 bits per heavy atom. The summed E-state index contributed by atoms with van der Waals surface area (Å²) in [5.41, 5.74) is 5.56. The van der Waals surface area contributed by atoms with Crippen LogP contribution in [0, 0.1) is 0 Å². The number of halogens is 1. The van der Waals surface area contributed by atoms with Crippen molar-refractivity contribution in [3.05, 3.63) is 116 Å². The molecule has 1 aliphatic rings. The maximum atomic E-state index is 11.1. The maximum Gasteiger partial charge on any atom is 0.122 e. The fraction of sp³-hybridized carbons (Fsp3) is 0.143. The summed E-state index contributed by atoms with van der Waals surface area (Å²) in [6.45, 7) is 0. The van der Waals surface area contributed by atoms with Crippen molar-refractivity contribution in [1.82, 2.24) is 0 Å². The maximum absolute atomic E-state index is 11.1. The van der Waals surface area contributed by atoms with E-state index in [1.54, 1.807) is 0 Å². The van der Waals surface area contributed by atoms with Gasteiger partial charge in [0.15, 0.2) is 0 Å². The molecule has 0 spiro atoms. The summed E-state index contributed by atoms with van der Waals surface area (Å²) in [4.78, 5) is 0. The molecule has 4 aromatic rings. The van der Waals surface area contributed by atoms with E-state index in [9.17, 15) is 20.4 Å². The van der Waals surface area contributed by atoms with Crippen molar-refractivity contribution in [2.45, 2.75) is 25.7 Å². The molecule has 5 rings (SSSR count). The van der Waals surface area contributed by atoms with E-state index in [2.05, 4.69) is 15.9 Å². The van der Waals surface area contributed by atoms with Gasteiger partial charge in [-0.25, -0.2) is 0 Å². The first-order valence-corrected chi connectivity index (χ1v) is 11.6. The third kappa shape index (κ3) is 4.05. The third-order valence-electron chi connectivity index (χ3n) is 6.37. The summed E-state index contributed by atoms with van der Waals surface area (Å²) in [7, 11) is 0. The number of benzene rings is 4. The van der Waals surface area contributed by atoms with Crippen molar-refractivity contribution in [1.29, 1.82) is 0 Å². The lowest BCUT2D eigenvalue weighted by Gasteiger charge is -2.17. The van der Waals surface area contributed by atoms with Crippen molar-refractivity contribution in [3.8, 4) is 23.0 Å². The van der Waals surface area contributed by atoms with E-state index in [1.807, 2.05) is 66.7 Å². The molecule has 0 amide bonds. The minimum atomic E-state index is 0.155. The number of phenolic OH excluding ortho intramolecular Hbond substituents is 4. The lowest BCUT2D eigenvalue weighted by molar-refractivity contribution is 0.450. The average molecular weight is 503 g/mol. The Labute approximate surface area is 200 Å². The topological polar surface area (TPSA) is 80.9 Å². The van der Waals surface area contributed by atoms with Gasteiger partial charge in [-0.1, -0.05) is 70.5 Å². The second-order valence-electron chi connectivity index (χ2n) is 8.55. The van der Waals surface area contributed by atoms with Crippen LogP contribution in [-0.4, -0.2) is 20.4 Å². The van der Waals surface area contributed by atoms with Gasteiger partial charge in [0.05, 0.1) is 0 Å². The first-order chi connectivity index (χ1) is 15.9. The van der Waals surface area contributed by atoms with Gasteiger partial charge >= 0.3 is 0 Å². The quantitative estimate of drug-likeness (QED) is 0.211. The Kier molecular flexibility index (Phi) is 5.51. The van der Waals surface area contributed by atoms with Gasteiger partial charge in [-0.3, -0.25) is 0 Å². The zero-order valence-electron chi connectivity index (χ0n) is 17.8. The van der Waals surface area contributed by atoms with Gasteiger partial charge in [0.25, 0.3) is 0 Å². The highest BCUT2D eigenvalue weighted by atomic mass is 79.9. The summed E-state index contributed by atoms with van der Waals surface area (Å²) >= 11 is 3.54. The highest BCUT2D eigenvalue weighted by Crippen LogP contribution is 2.38. The standard InChI is InChI=1S/C28H23BrO4/c29-24-14-22-12-20-8-2-6-18(26(20)31)10-16-4-1-5-17(25(16)30)11-19-7-3-9-21(27(19)32)13-23(15-24)28(22)33/h1-9,14-15,30-33H,10-13H2. The second-order valence-corrected chi connectivity index (χ2v) is 9.47. The molecule has 0 radical (unpaired) electrons. The Balaban J connectivity index is 1.73. The largest absolute Gasteiger partial charge is 0.507 e. The predicted octanol–water partition coefficient (Wildman–Crippen LogP) is 5.95. The summed E-state index contributed by atoms with van der Waals surface area (Å²) in [6, 6.07) is 20.4. The molecule has 8 bridgehead atoms. The van der Waals surface area contributed by atoms with Crippen LogP contribution in [0.5, 0.6) is 23.0 Å². The van der Waals surface area contributed by atoms with Gasteiger partial charge in [0, 0.05) is 30.2 Å².